The number of amides is 2. The van der Waals surface area contributed by atoms with Crippen LogP contribution >= 0.6 is 0 Å². The number of hydrogen-bond donors (Lipinski definition) is 2. The second kappa shape index (κ2) is 8.84. The first-order valence-electron chi connectivity index (χ1n) is 6.90. The minimum atomic E-state index is -0.580. The number of carbonyl (C=O) groups excluding carboxylic acids is 2. The highest BCUT2D eigenvalue weighted by atomic mass is 16.5. The lowest BCUT2D eigenvalue weighted by Gasteiger charge is -2.14. The Morgan fingerprint density at radius 3 is 2.38 bits per heavy atom. The molecule has 0 heterocycles. The first-order chi connectivity index (χ1) is 10.1. The fourth-order valence-corrected chi connectivity index (χ4v) is 1.57. The van der Waals surface area contributed by atoms with Crippen molar-refractivity contribution in [3.63, 3.8) is 0 Å². The van der Waals surface area contributed by atoms with E-state index >= 15 is 0 Å². The maximum absolute atomic E-state index is 11.7. The van der Waals surface area contributed by atoms with Crippen molar-refractivity contribution in [1.82, 2.24) is 10.6 Å². The molecular formula is C15H22N2O4. The van der Waals surface area contributed by atoms with Gasteiger partial charge in [0.05, 0.1) is 7.11 Å². The van der Waals surface area contributed by atoms with Crippen LogP contribution in [0.25, 0.3) is 0 Å². The lowest BCUT2D eigenvalue weighted by atomic mass is 10.3. The highest BCUT2D eigenvalue weighted by molar-refractivity contribution is 5.87. The Morgan fingerprint density at radius 2 is 1.81 bits per heavy atom. The van der Waals surface area contributed by atoms with Crippen LogP contribution in [0.2, 0.25) is 0 Å². The summed E-state index contributed by atoms with van der Waals surface area (Å²) < 4.78 is 10.4. The smallest absolute Gasteiger partial charge is 0.258 e. The molecule has 21 heavy (non-hydrogen) atoms. The van der Waals surface area contributed by atoms with E-state index in [2.05, 4.69) is 10.6 Å². The minimum absolute atomic E-state index is 0.141. The molecule has 0 bridgehead atoms. The summed E-state index contributed by atoms with van der Waals surface area (Å²) in [6, 6.07) is 6.33. The van der Waals surface area contributed by atoms with Crippen LogP contribution in [0.5, 0.6) is 11.5 Å². The van der Waals surface area contributed by atoms with Gasteiger partial charge in [-0.2, -0.15) is 0 Å². The second-order valence-corrected chi connectivity index (χ2v) is 4.54. The Balaban J connectivity index is 2.34. The molecule has 0 spiro atoms. The number of rotatable bonds is 8. The minimum Gasteiger partial charge on any atom is -0.497 e. The van der Waals surface area contributed by atoms with Crippen LogP contribution < -0.4 is 20.1 Å². The van der Waals surface area contributed by atoms with E-state index in [1.54, 1.807) is 38.3 Å². The number of benzene rings is 1. The Kier molecular flexibility index (Phi) is 7.08. The van der Waals surface area contributed by atoms with Crippen molar-refractivity contribution in [3.05, 3.63) is 24.3 Å². The van der Waals surface area contributed by atoms with Gasteiger partial charge in [0.25, 0.3) is 5.91 Å². The van der Waals surface area contributed by atoms with E-state index in [1.807, 2.05) is 6.92 Å². The van der Waals surface area contributed by atoms with Crippen molar-refractivity contribution < 1.29 is 19.1 Å². The number of carbonyl (C=O) groups is 2. The molecule has 0 aliphatic heterocycles. The number of nitrogens with one attached hydrogen (secondary N) is 2. The summed E-state index contributed by atoms with van der Waals surface area (Å²) in [5.74, 6) is 0.738. The maximum Gasteiger partial charge on any atom is 0.258 e. The lowest BCUT2D eigenvalue weighted by Crippen LogP contribution is -2.46. The highest BCUT2D eigenvalue weighted by Gasteiger charge is 2.15. The molecule has 0 radical (unpaired) electrons. The SMILES string of the molecule is CCCNC(=O)[C@@H](C)NC(=O)COc1ccc(OC)cc1. The van der Waals surface area contributed by atoms with Crippen molar-refractivity contribution in [2.45, 2.75) is 26.3 Å². The molecule has 0 fully saturated rings. The summed E-state index contributed by atoms with van der Waals surface area (Å²) >= 11 is 0. The van der Waals surface area contributed by atoms with Gasteiger partial charge < -0.3 is 20.1 Å². The van der Waals surface area contributed by atoms with E-state index in [0.717, 1.165) is 6.42 Å². The largest absolute Gasteiger partial charge is 0.497 e. The summed E-state index contributed by atoms with van der Waals surface area (Å²) in [5, 5.41) is 5.30. The monoisotopic (exact) mass is 294 g/mol. The van der Waals surface area contributed by atoms with Gasteiger partial charge in [0, 0.05) is 6.54 Å². The number of ether oxygens (including phenoxy) is 2. The van der Waals surface area contributed by atoms with Gasteiger partial charge in [-0.25, -0.2) is 0 Å². The van der Waals surface area contributed by atoms with Crippen LogP contribution in [-0.4, -0.2) is 38.1 Å². The summed E-state index contributed by atoms with van der Waals surface area (Å²) in [7, 11) is 1.58. The van der Waals surface area contributed by atoms with E-state index in [-0.39, 0.29) is 18.4 Å². The zero-order valence-corrected chi connectivity index (χ0v) is 12.6. The van der Waals surface area contributed by atoms with Gasteiger partial charge in [-0.05, 0) is 37.6 Å². The third-order valence-electron chi connectivity index (χ3n) is 2.75. The van der Waals surface area contributed by atoms with Gasteiger partial charge in [-0.3, -0.25) is 9.59 Å². The van der Waals surface area contributed by atoms with Gasteiger partial charge in [0.15, 0.2) is 6.61 Å². The van der Waals surface area contributed by atoms with E-state index in [0.29, 0.717) is 18.0 Å². The molecule has 2 amide bonds. The summed E-state index contributed by atoms with van der Waals surface area (Å²) in [4.78, 5) is 23.3. The van der Waals surface area contributed by atoms with Crippen molar-refractivity contribution in [2.75, 3.05) is 20.3 Å². The van der Waals surface area contributed by atoms with Crippen molar-refractivity contribution in [2.24, 2.45) is 0 Å². The van der Waals surface area contributed by atoms with Crippen LogP contribution in [0.15, 0.2) is 24.3 Å². The third kappa shape index (κ3) is 6.16. The molecule has 1 aromatic rings. The van der Waals surface area contributed by atoms with E-state index in [4.69, 9.17) is 9.47 Å². The first kappa shape index (κ1) is 16.8. The Labute approximate surface area is 124 Å². The summed E-state index contributed by atoms with van der Waals surface area (Å²) in [5.41, 5.74) is 0. The van der Waals surface area contributed by atoms with Crippen LogP contribution in [0.1, 0.15) is 20.3 Å². The van der Waals surface area contributed by atoms with E-state index < -0.39 is 6.04 Å². The van der Waals surface area contributed by atoms with E-state index in [1.165, 1.54) is 0 Å². The number of hydrogen-bond acceptors (Lipinski definition) is 4. The lowest BCUT2D eigenvalue weighted by molar-refractivity contribution is -0.129. The molecule has 116 valence electrons. The Morgan fingerprint density at radius 1 is 1.19 bits per heavy atom. The van der Waals surface area contributed by atoms with Crippen LogP contribution in [0.4, 0.5) is 0 Å². The van der Waals surface area contributed by atoms with Crippen molar-refractivity contribution in [1.29, 1.82) is 0 Å². The van der Waals surface area contributed by atoms with Gasteiger partial charge in [0.1, 0.15) is 17.5 Å². The fraction of sp³-hybridized carbons (Fsp3) is 0.467. The highest BCUT2D eigenvalue weighted by Crippen LogP contribution is 2.16. The molecule has 1 aromatic carbocycles. The van der Waals surface area contributed by atoms with Gasteiger partial charge in [-0.1, -0.05) is 6.92 Å². The quantitative estimate of drug-likeness (QED) is 0.753. The molecule has 0 aliphatic rings. The maximum atomic E-state index is 11.7. The average Bonchev–Trinajstić information content (AvgIpc) is 2.50. The third-order valence-corrected chi connectivity index (χ3v) is 2.75. The zero-order chi connectivity index (χ0) is 15.7. The molecule has 2 N–H and O–H groups in total. The molecule has 0 aliphatic carbocycles. The molecule has 6 nitrogen and oxygen atoms in total. The van der Waals surface area contributed by atoms with Gasteiger partial charge >= 0.3 is 0 Å². The number of methoxy groups -OCH3 is 1. The molecule has 0 unspecified atom stereocenters. The molecule has 1 atom stereocenters. The predicted octanol–water partition coefficient (Wildman–Crippen LogP) is 1.10. The molecule has 1 rings (SSSR count). The Bertz CT molecular complexity index is 459. The van der Waals surface area contributed by atoms with Crippen molar-refractivity contribution in [3.8, 4) is 11.5 Å². The predicted molar refractivity (Wildman–Crippen MR) is 79.4 cm³/mol. The molecule has 0 aromatic heterocycles. The van der Waals surface area contributed by atoms with Crippen LogP contribution in [0, 0.1) is 0 Å². The Hall–Kier alpha value is -2.24. The molecule has 0 saturated heterocycles. The zero-order valence-electron chi connectivity index (χ0n) is 12.6. The topological polar surface area (TPSA) is 76.7 Å². The van der Waals surface area contributed by atoms with E-state index in [9.17, 15) is 9.59 Å². The van der Waals surface area contributed by atoms with Gasteiger partial charge in [-0.15, -0.1) is 0 Å². The standard InChI is InChI=1S/C15H22N2O4/c1-4-9-16-15(19)11(2)17-14(18)10-21-13-7-5-12(20-3)6-8-13/h5-8,11H,4,9-10H2,1-3H3,(H,16,19)(H,17,18)/t11-/m1/s1. The van der Waals surface area contributed by atoms with Crippen LogP contribution in [-0.2, 0) is 9.59 Å². The summed E-state index contributed by atoms with van der Waals surface area (Å²) in [6.45, 7) is 4.06. The van der Waals surface area contributed by atoms with Gasteiger partial charge in [0.2, 0.25) is 5.91 Å². The van der Waals surface area contributed by atoms with Crippen LogP contribution in [0.3, 0.4) is 0 Å². The first-order valence-corrected chi connectivity index (χ1v) is 6.90. The summed E-state index contributed by atoms with van der Waals surface area (Å²) in [6.07, 6.45) is 0.854. The molecular weight excluding hydrogens is 272 g/mol. The van der Waals surface area contributed by atoms with Crippen molar-refractivity contribution >= 4 is 11.8 Å². The second-order valence-electron chi connectivity index (χ2n) is 4.54. The molecule has 0 saturated carbocycles. The average molecular weight is 294 g/mol. The normalized spacial score (nSPS) is 11.4. The molecule has 6 heteroatoms. The fourth-order valence-electron chi connectivity index (χ4n) is 1.57.